The number of benzene rings is 2. The van der Waals surface area contributed by atoms with Crippen LogP contribution in [0.25, 0.3) is 0 Å². The summed E-state index contributed by atoms with van der Waals surface area (Å²) in [6.45, 7) is 3.39. The number of halogens is 2. The Balaban J connectivity index is 1.64. The second-order valence-corrected chi connectivity index (χ2v) is 7.33. The average Bonchev–Trinajstić information content (AvgIpc) is 2.70. The molecule has 1 saturated heterocycles. The van der Waals surface area contributed by atoms with Crippen LogP contribution in [-0.2, 0) is 4.79 Å². The van der Waals surface area contributed by atoms with Crippen molar-refractivity contribution in [2.24, 2.45) is 0 Å². The molecule has 1 aliphatic heterocycles. The summed E-state index contributed by atoms with van der Waals surface area (Å²) in [4.78, 5) is 12.6. The van der Waals surface area contributed by atoms with E-state index in [0.29, 0.717) is 18.5 Å². The maximum atomic E-state index is 13.7. The fourth-order valence-electron chi connectivity index (χ4n) is 3.75. The molecule has 3 unspecified atom stereocenters. The molecule has 1 heterocycles. The third-order valence-corrected chi connectivity index (χ3v) is 5.38. The van der Waals surface area contributed by atoms with Gasteiger partial charge >= 0.3 is 0 Å². The number of amides is 1. The summed E-state index contributed by atoms with van der Waals surface area (Å²) in [6.07, 6.45) is 1.11. The SMILES string of the molecule is COc1ccc(C(C)CC(=O)NC2CNCCC2c2ccc(F)c(F)c2)cc1. The highest BCUT2D eigenvalue weighted by atomic mass is 19.2. The molecule has 3 rings (SSSR count). The van der Waals surface area contributed by atoms with Crippen molar-refractivity contribution in [2.75, 3.05) is 20.2 Å². The summed E-state index contributed by atoms with van der Waals surface area (Å²) in [5.74, 6) is -0.964. The number of carbonyl (C=O) groups is 1. The van der Waals surface area contributed by atoms with E-state index >= 15 is 0 Å². The van der Waals surface area contributed by atoms with Gasteiger partial charge < -0.3 is 15.4 Å². The minimum Gasteiger partial charge on any atom is -0.497 e. The number of hydrogen-bond acceptors (Lipinski definition) is 3. The highest BCUT2D eigenvalue weighted by Crippen LogP contribution is 2.28. The minimum absolute atomic E-state index is 0.0448. The van der Waals surface area contributed by atoms with Crippen LogP contribution in [0.3, 0.4) is 0 Å². The van der Waals surface area contributed by atoms with E-state index in [-0.39, 0.29) is 23.8 Å². The molecule has 28 heavy (non-hydrogen) atoms. The van der Waals surface area contributed by atoms with E-state index in [4.69, 9.17) is 4.74 Å². The second-order valence-electron chi connectivity index (χ2n) is 7.33. The van der Waals surface area contributed by atoms with Gasteiger partial charge in [-0.2, -0.15) is 0 Å². The molecule has 4 nitrogen and oxygen atoms in total. The molecular weight excluding hydrogens is 362 g/mol. The maximum absolute atomic E-state index is 13.7. The lowest BCUT2D eigenvalue weighted by Gasteiger charge is -2.33. The summed E-state index contributed by atoms with van der Waals surface area (Å²) >= 11 is 0. The Morgan fingerprint density at radius 1 is 1.21 bits per heavy atom. The standard InChI is InChI=1S/C22H26F2N2O2/c1-14(15-3-6-17(28-2)7-4-15)11-22(27)26-21-13-25-10-9-18(21)16-5-8-19(23)20(24)12-16/h3-8,12,14,18,21,25H,9-11,13H2,1-2H3,(H,26,27). The number of ether oxygens (including phenoxy) is 1. The molecule has 150 valence electrons. The van der Waals surface area contributed by atoms with E-state index in [2.05, 4.69) is 10.6 Å². The molecule has 0 spiro atoms. The Kier molecular flexibility index (Phi) is 6.62. The number of rotatable bonds is 6. The minimum atomic E-state index is -0.855. The van der Waals surface area contributed by atoms with Gasteiger partial charge in [0.15, 0.2) is 11.6 Å². The van der Waals surface area contributed by atoms with Gasteiger partial charge in [-0.05, 0) is 54.3 Å². The molecule has 1 aliphatic rings. The molecule has 0 aromatic heterocycles. The molecule has 2 aromatic carbocycles. The fourth-order valence-corrected chi connectivity index (χ4v) is 3.75. The zero-order valence-electron chi connectivity index (χ0n) is 16.2. The van der Waals surface area contributed by atoms with Gasteiger partial charge in [0, 0.05) is 24.9 Å². The first-order valence-electron chi connectivity index (χ1n) is 9.57. The van der Waals surface area contributed by atoms with Gasteiger partial charge in [0.25, 0.3) is 0 Å². The molecule has 1 amide bonds. The highest BCUT2D eigenvalue weighted by Gasteiger charge is 2.28. The van der Waals surface area contributed by atoms with Crippen LogP contribution in [0.4, 0.5) is 8.78 Å². The number of nitrogens with one attached hydrogen (secondary N) is 2. The van der Waals surface area contributed by atoms with E-state index in [1.54, 1.807) is 13.2 Å². The lowest BCUT2D eigenvalue weighted by Crippen LogP contribution is -2.50. The van der Waals surface area contributed by atoms with Gasteiger partial charge in [-0.1, -0.05) is 25.1 Å². The molecule has 2 aromatic rings. The van der Waals surface area contributed by atoms with E-state index in [9.17, 15) is 13.6 Å². The predicted molar refractivity (Wildman–Crippen MR) is 105 cm³/mol. The second kappa shape index (κ2) is 9.15. The van der Waals surface area contributed by atoms with Crippen molar-refractivity contribution in [1.29, 1.82) is 0 Å². The van der Waals surface area contributed by atoms with Crippen molar-refractivity contribution < 1.29 is 18.3 Å². The zero-order valence-corrected chi connectivity index (χ0v) is 16.2. The largest absolute Gasteiger partial charge is 0.497 e. The normalized spacial score (nSPS) is 20.4. The van der Waals surface area contributed by atoms with Crippen molar-refractivity contribution in [2.45, 2.75) is 37.6 Å². The van der Waals surface area contributed by atoms with Crippen LogP contribution < -0.4 is 15.4 Å². The molecule has 0 radical (unpaired) electrons. The van der Waals surface area contributed by atoms with Crippen molar-refractivity contribution >= 4 is 5.91 Å². The summed E-state index contributed by atoms with van der Waals surface area (Å²) in [7, 11) is 1.62. The molecule has 6 heteroatoms. The number of hydrogen-bond donors (Lipinski definition) is 2. The van der Waals surface area contributed by atoms with E-state index in [1.807, 2.05) is 31.2 Å². The quantitative estimate of drug-likeness (QED) is 0.793. The maximum Gasteiger partial charge on any atom is 0.220 e. The Morgan fingerprint density at radius 3 is 2.64 bits per heavy atom. The third kappa shape index (κ3) is 4.87. The van der Waals surface area contributed by atoms with Gasteiger partial charge in [0.1, 0.15) is 5.75 Å². The Hall–Kier alpha value is -2.47. The van der Waals surface area contributed by atoms with Crippen molar-refractivity contribution in [3.63, 3.8) is 0 Å². The summed E-state index contributed by atoms with van der Waals surface area (Å²) in [5, 5.41) is 6.35. The monoisotopic (exact) mass is 388 g/mol. The summed E-state index contributed by atoms with van der Waals surface area (Å²) in [6, 6.07) is 11.5. The van der Waals surface area contributed by atoms with Gasteiger partial charge in [0.05, 0.1) is 7.11 Å². The molecule has 0 aliphatic carbocycles. The summed E-state index contributed by atoms with van der Waals surface area (Å²) < 4.78 is 32.1. The van der Waals surface area contributed by atoms with Crippen LogP contribution in [0.15, 0.2) is 42.5 Å². The molecule has 2 N–H and O–H groups in total. The molecule has 0 saturated carbocycles. The number of piperidine rings is 1. The topological polar surface area (TPSA) is 50.4 Å². The Bertz CT molecular complexity index is 811. The van der Waals surface area contributed by atoms with E-state index in [1.165, 1.54) is 6.07 Å². The van der Waals surface area contributed by atoms with Gasteiger partial charge in [-0.25, -0.2) is 8.78 Å². The Labute approximate surface area is 164 Å². The van der Waals surface area contributed by atoms with Crippen LogP contribution in [0.1, 0.15) is 42.7 Å². The predicted octanol–water partition coefficient (Wildman–Crippen LogP) is 3.73. The van der Waals surface area contributed by atoms with Crippen LogP contribution >= 0.6 is 0 Å². The highest BCUT2D eigenvalue weighted by molar-refractivity contribution is 5.77. The van der Waals surface area contributed by atoms with Gasteiger partial charge in [-0.3, -0.25) is 4.79 Å². The molecule has 1 fully saturated rings. The average molecular weight is 388 g/mol. The van der Waals surface area contributed by atoms with E-state index in [0.717, 1.165) is 30.3 Å². The first kappa shape index (κ1) is 20.3. The lowest BCUT2D eigenvalue weighted by atomic mass is 9.85. The Morgan fingerprint density at radius 2 is 1.96 bits per heavy atom. The molecule has 0 bridgehead atoms. The van der Waals surface area contributed by atoms with Crippen LogP contribution in [0, 0.1) is 11.6 Å². The number of methoxy groups -OCH3 is 1. The first-order chi connectivity index (χ1) is 13.5. The molecule has 3 atom stereocenters. The lowest BCUT2D eigenvalue weighted by molar-refractivity contribution is -0.122. The van der Waals surface area contributed by atoms with Crippen molar-refractivity contribution in [3.05, 3.63) is 65.2 Å². The van der Waals surface area contributed by atoms with Crippen LogP contribution in [0.2, 0.25) is 0 Å². The van der Waals surface area contributed by atoms with Crippen LogP contribution in [0.5, 0.6) is 5.75 Å². The smallest absolute Gasteiger partial charge is 0.220 e. The summed E-state index contributed by atoms with van der Waals surface area (Å²) in [5.41, 5.74) is 1.78. The zero-order chi connectivity index (χ0) is 20.1. The van der Waals surface area contributed by atoms with E-state index < -0.39 is 11.6 Å². The van der Waals surface area contributed by atoms with Crippen molar-refractivity contribution in [3.8, 4) is 5.75 Å². The van der Waals surface area contributed by atoms with Crippen LogP contribution in [-0.4, -0.2) is 32.1 Å². The molecular formula is C22H26F2N2O2. The first-order valence-corrected chi connectivity index (χ1v) is 9.57. The van der Waals surface area contributed by atoms with Crippen molar-refractivity contribution in [1.82, 2.24) is 10.6 Å². The van der Waals surface area contributed by atoms with Gasteiger partial charge in [0.2, 0.25) is 5.91 Å². The number of carbonyl (C=O) groups excluding carboxylic acids is 1. The fraction of sp³-hybridized carbons (Fsp3) is 0.409. The third-order valence-electron chi connectivity index (χ3n) is 5.38. The van der Waals surface area contributed by atoms with Gasteiger partial charge in [-0.15, -0.1) is 0 Å².